The summed E-state index contributed by atoms with van der Waals surface area (Å²) in [5, 5.41) is 30.2. The van der Waals surface area contributed by atoms with Crippen molar-refractivity contribution in [3.8, 4) is 11.8 Å². The topological polar surface area (TPSA) is 125 Å². The lowest BCUT2D eigenvalue weighted by molar-refractivity contribution is -0.385. The van der Waals surface area contributed by atoms with E-state index in [-0.39, 0.29) is 30.2 Å². The second-order valence-corrected chi connectivity index (χ2v) is 3.43. The quantitative estimate of drug-likeness (QED) is 0.427. The van der Waals surface area contributed by atoms with Gasteiger partial charge in [-0.3, -0.25) is 14.9 Å². The van der Waals surface area contributed by atoms with Gasteiger partial charge < -0.3 is 15.2 Å². The highest BCUT2D eigenvalue weighted by atomic mass is 16.6. The number of hydrogen-bond acceptors (Lipinski definition) is 6. The lowest BCUT2D eigenvalue weighted by atomic mass is 10.2. The van der Waals surface area contributed by atoms with Crippen LogP contribution in [0.2, 0.25) is 0 Å². The Balaban J connectivity index is 2.71. The molecule has 2 N–H and O–H groups in total. The molecule has 19 heavy (non-hydrogen) atoms. The molecule has 0 heterocycles. The number of nitrogens with zero attached hydrogens (tertiary/aromatic N) is 2. The first-order valence-electron chi connectivity index (χ1n) is 5.23. The third-order valence-corrected chi connectivity index (χ3v) is 2.15. The maximum absolute atomic E-state index is 11.2. The van der Waals surface area contributed by atoms with Crippen molar-refractivity contribution in [2.24, 2.45) is 0 Å². The van der Waals surface area contributed by atoms with Crippen LogP contribution in [-0.2, 0) is 11.4 Å². The van der Waals surface area contributed by atoms with Crippen LogP contribution in [0, 0.1) is 21.4 Å². The number of carbonyl (C=O) groups excluding carboxylic acids is 1. The highest BCUT2D eigenvalue weighted by molar-refractivity contribution is 5.77. The molecule has 0 aliphatic heterocycles. The monoisotopic (exact) mass is 265 g/mol. The molecule has 0 aromatic heterocycles. The highest BCUT2D eigenvalue weighted by Crippen LogP contribution is 2.24. The van der Waals surface area contributed by atoms with E-state index < -0.39 is 17.4 Å². The van der Waals surface area contributed by atoms with Gasteiger partial charge in [0.05, 0.1) is 17.6 Å². The van der Waals surface area contributed by atoms with Crippen molar-refractivity contribution in [2.45, 2.75) is 6.61 Å². The highest BCUT2D eigenvalue weighted by Gasteiger charge is 2.12. The summed E-state index contributed by atoms with van der Waals surface area (Å²) >= 11 is 0. The Morgan fingerprint density at radius 3 is 2.89 bits per heavy atom. The van der Waals surface area contributed by atoms with Crippen molar-refractivity contribution in [3.63, 3.8) is 0 Å². The molecule has 0 aliphatic carbocycles. The molecular formula is C11H11N3O5. The van der Waals surface area contributed by atoms with E-state index in [1.807, 2.05) is 0 Å². The standard InChI is InChI=1S/C11H11N3O5/c12-3-4-13-11(16)7-19-10-2-1-9(14(17)18)5-8(10)6-15/h1-2,5,15H,4,6-7H2,(H,13,16). The number of hydrogen-bond donors (Lipinski definition) is 2. The Morgan fingerprint density at radius 2 is 2.32 bits per heavy atom. The first-order valence-corrected chi connectivity index (χ1v) is 5.23. The van der Waals surface area contributed by atoms with Gasteiger partial charge in [0.25, 0.3) is 11.6 Å². The number of amides is 1. The van der Waals surface area contributed by atoms with Crippen molar-refractivity contribution < 1.29 is 19.6 Å². The van der Waals surface area contributed by atoms with E-state index in [0.29, 0.717) is 0 Å². The number of benzene rings is 1. The summed E-state index contributed by atoms with van der Waals surface area (Å²) in [6.45, 7) is -0.918. The van der Waals surface area contributed by atoms with Gasteiger partial charge >= 0.3 is 0 Å². The van der Waals surface area contributed by atoms with Gasteiger partial charge in [-0.05, 0) is 6.07 Å². The zero-order chi connectivity index (χ0) is 14.3. The number of nitro groups is 1. The molecule has 0 bridgehead atoms. The van der Waals surface area contributed by atoms with E-state index in [1.165, 1.54) is 18.2 Å². The van der Waals surface area contributed by atoms with Crippen LogP contribution in [0.15, 0.2) is 18.2 Å². The molecule has 1 amide bonds. The van der Waals surface area contributed by atoms with E-state index in [9.17, 15) is 14.9 Å². The number of non-ortho nitro benzene ring substituents is 1. The second-order valence-electron chi connectivity index (χ2n) is 3.43. The lowest BCUT2D eigenvalue weighted by Gasteiger charge is -2.09. The Kier molecular flexibility index (Phi) is 5.25. The van der Waals surface area contributed by atoms with Crippen LogP contribution in [-0.4, -0.2) is 29.1 Å². The third kappa shape index (κ3) is 4.25. The van der Waals surface area contributed by atoms with Crippen LogP contribution in [0.1, 0.15) is 5.56 Å². The Morgan fingerprint density at radius 1 is 1.58 bits per heavy atom. The van der Waals surface area contributed by atoms with E-state index in [4.69, 9.17) is 15.1 Å². The first-order chi connectivity index (χ1) is 9.08. The van der Waals surface area contributed by atoms with E-state index in [2.05, 4.69) is 5.32 Å². The zero-order valence-corrected chi connectivity index (χ0v) is 9.83. The molecule has 0 unspecified atom stereocenters. The lowest BCUT2D eigenvalue weighted by Crippen LogP contribution is -2.29. The number of nitriles is 1. The maximum Gasteiger partial charge on any atom is 0.270 e. The predicted molar refractivity (Wildman–Crippen MR) is 63.1 cm³/mol. The Hall–Kier alpha value is -2.66. The molecule has 1 aromatic carbocycles. The van der Waals surface area contributed by atoms with Crippen molar-refractivity contribution >= 4 is 11.6 Å². The molecule has 8 nitrogen and oxygen atoms in total. The summed E-state index contributed by atoms with van der Waals surface area (Å²) in [6, 6.07) is 5.42. The minimum Gasteiger partial charge on any atom is -0.483 e. The van der Waals surface area contributed by atoms with Gasteiger partial charge in [0.1, 0.15) is 12.3 Å². The molecule has 0 saturated heterocycles. The second kappa shape index (κ2) is 6.93. The van der Waals surface area contributed by atoms with Crippen LogP contribution in [0.5, 0.6) is 5.75 Å². The summed E-state index contributed by atoms with van der Waals surface area (Å²) in [5.74, 6) is -0.316. The third-order valence-electron chi connectivity index (χ3n) is 2.15. The number of nitrogens with one attached hydrogen (secondary N) is 1. The van der Waals surface area contributed by atoms with Gasteiger partial charge in [-0.1, -0.05) is 0 Å². The summed E-state index contributed by atoms with van der Waals surface area (Å²) in [6.07, 6.45) is 0. The molecule has 0 fully saturated rings. The zero-order valence-electron chi connectivity index (χ0n) is 9.83. The fraction of sp³-hybridized carbons (Fsp3) is 0.273. The van der Waals surface area contributed by atoms with Crippen molar-refractivity contribution in [3.05, 3.63) is 33.9 Å². The molecule has 100 valence electrons. The van der Waals surface area contributed by atoms with E-state index in [0.717, 1.165) is 0 Å². The molecular weight excluding hydrogens is 254 g/mol. The fourth-order valence-electron chi connectivity index (χ4n) is 1.28. The smallest absolute Gasteiger partial charge is 0.270 e. The Labute approximate surface area is 108 Å². The predicted octanol–water partition coefficient (Wildman–Crippen LogP) is 0.106. The first kappa shape index (κ1) is 14.4. The molecule has 0 saturated carbocycles. The maximum atomic E-state index is 11.2. The number of carbonyl (C=O) groups is 1. The number of aliphatic hydroxyl groups is 1. The number of aliphatic hydroxyl groups excluding tert-OH is 1. The molecule has 0 aliphatic rings. The minimum absolute atomic E-state index is 0.130. The molecule has 0 atom stereocenters. The average molecular weight is 265 g/mol. The van der Waals surface area contributed by atoms with Gasteiger partial charge in [-0.25, -0.2) is 0 Å². The van der Waals surface area contributed by atoms with Crippen LogP contribution >= 0.6 is 0 Å². The van der Waals surface area contributed by atoms with Gasteiger partial charge in [-0.15, -0.1) is 0 Å². The molecule has 0 spiro atoms. The van der Waals surface area contributed by atoms with Gasteiger partial charge in [0.2, 0.25) is 0 Å². The van der Waals surface area contributed by atoms with Gasteiger partial charge in [0, 0.05) is 17.7 Å². The van der Waals surface area contributed by atoms with Crippen molar-refractivity contribution in [2.75, 3.05) is 13.2 Å². The van der Waals surface area contributed by atoms with Crippen molar-refractivity contribution in [1.29, 1.82) is 5.26 Å². The molecule has 1 aromatic rings. The minimum atomic E-state index is -0.595. The molecule has 0 radical (unpaired) electrons. The summed E-state index contributed by atoms with van der Waals surface area (Å²) in [5.41, 5.74) is 0.0348. The van der Waals surface area contributed by atoms with Crippen LogP contribution in [0.3, 0.4) is 0 Å². The normalized spacial score (nSPS) is 9.47. The Bertz CT molecular complexity index is 524. The van der Waals surface area contributed by atoms with Gasteiger partial charge in [0.15, 0.2) is 6.61 Å². The van der Waals surface area contributed by atoms with Crippen LogP contribution in [0.25, 0.3) is 0 Å². The number of ether oxygens (including phenoxy) is 1. The molecule has 1 rings (SSSR count). The largest absolute Gasteiger partial charge is 0.483 e. The van der Waals surface area contributed by atoms with Crippen LogP contribution in [0.4, 0.5) is 5.69 Å². The van der Waals surface area contributed by atoms with E-state index in [1.54, 1.807) is 6.07 Å². The fourth-order valence-corrected chi connectivity index (χ4v) is 1.28. The van der Waals surface area contributed by atoms with Crippen LogP contribution < -0.4 is 10.1 Å². The average Bonchev–Trinajstić information content (AvgIpc) is 2.42. The summed E-state index contributed by atoms with van der Waals surface area (Å²) < 4.78 is 5.12. The number of rotatable bonds is 6. The summed E-state index contributed by atoms with van der Waals surface area (Å²) in [4.78, 5) is 21.2. The van der Waals surface area contributed by atoms with Gasteiger partial charge in [-0.2, -0.15) is 5.26 Å². The number of nitro benzene ring substituents is 1. The summed E-state index contributed by atoms with van der Waals surface area (Å²) in [7, 11) is 0. The molecule has 8 heteroatoms. The van der Waals surface area contributed by atoms with E-state index >= 15 is 0 Å². The van der Waals surface area contributed by atoms with Crippen molar-refractivity contribution in [1.82, 2.24) is 5.32 Å². The SMILES string of the molecule is N#CCNC(=O)COc1ccc([N+](=O)[O-])cc1CO.